The Morgan fingerprint density at radius 3 is 2.52 bits per heavy atom. The highest BCUT2D eigenvalue weighted by Gasteiger charge is 2.15. The predicted molar refractivity (Wildman–Crippen MR) is 98.9 cm³/mol. The van der Waals surface area contributed by atoms with Crippen LogP contribution in [0.15, 0.2) is 48.5 Å². The fourth-order valence-electron chi connectivity index (χ4n) is 2.22. The van der Waals surface area contributed by atoms with E-state index in [1.165, 1.54) is 18.2 Å². The van der Waals surface area contributed by atoms with Gasteiger partial charge in [0, 0.05) is 11.6 Å². The van der Waals surface area contributed by atoms with Crippen molar-refractivity contribution in [1.29, 1.82) is 5.26 Å². The second-order valence-corrected chi connectivity index (χ2v) is 5.71. The quantitative estimate of drug-likeness (QED) is 0.349. The number of hydrogen-bond donors (Lipinski definition) is 1. The lowest BCUT2D eigenvalue weighted by Crippen LogP contribution is -2.15. The van der Waals surface area contributed by atoms with Gasteiger partial charge in [-0.3, -0.25) is 4.79 Å². The van der Waals surface area contributed by atoms with Gasteiger partial charge in [0.1, 0.15) is 24.2 Å². The molecule has 6 nitrogen and oxygen atoms in total. The first-order valence-electron chi connectivity index (χ1n) is 8.29. The smallest absolute Gasteiger partial charge is 0.379 e. The van der Waals surface area contributed by atoms with E-state index < -0.39 is 17.5 Å². The van der Waals surface area contributed by atoms with Crippen molar-refractivity contribution in [2.75, 3.05) is 6.61 Å². The zero-order valence-corrected chi connectivity index (χ0v) is 15.1. The van der Waals surface area contributed by atoms with Gasteiger partial charge in [0.15, 0.2) is 0 Å². The molecule has 6 heteroatoms. The molecule has 0 atom stereocenters. The Balaban J connectivity index is 2.15. The summed E-state index contributed by atoms with van der Waals surface area (Å²) in [5.74, 6) is -2.11. The number of aliphatic hydroxyl groups is 1. The molecule has 0 aromatic heterocycles. The molecule has 0 spiro atoms. The molecule has 2 rings (SSSR count). The van der Waals surface area contributed by atoms with Crippen LogP contribution in [0.25, 0.3) is 5.76 Å². The maximum absolute atomic E-state index is 11.6. The average molecular weight is 365 g/mol. The Labute approximate surface area is 157 Å². The maximum Gasteiger partial charge on any atom is 0.379 e. The molecular formula is C21H19NO5. The van der Waals surface area contributed by atoms with Gasteiger partial charge in [-0.05, 0) is 37.6 Å². The van der Waals surface area contributed by atoms with Crippen LogP contribution >= 0.6 is 0 Å². The van der Waals surface area contributed by atoms with Crippen LogP contribution in [-0.2, 0) is 20.9 Å². The number of aliphatic hydroxyl groups excluding tert-OH is 1. The van der Waals surface area contributed by atoms with Crippen molar-refractivity contribution in [1.82, 2.24) is 0 Å². The van der Waals surface area contributed by atoms with Gasteiger partial charge in [-0.2, -0.15) is 5.26 Å². The third-order valence-corrected chi connectivity index (χ3v) is 3.66. The SMILES string of the molecule is CCOC(=O)C(=O)/C=C(\O)c1ccc(OCc2ccc(C)cc2)c(C#N)c1. The van der Waals surface area contributed by atoms with Gasteiger partial charge in [0.25, 0.3) is 5.78 Å². The minimum absolute atomic E-state index is 0.0603. The van der Waals surface area contributed by atoms with Gasteiger partial charge in [-0.15, -0.1) is 0 Å². The van der Waals surface area contributed by atoms with Crippen LogP contribution in [-0.4, -0.2) is 23.5 Å². The van der Waals surface area contributed by atoms with E-state index in [9.17, 15) is 20.0 Å². The number of rotatable bonds is 7. The molecule has 138 valence electrons. The zero-order valence-electron chi connectivity index (χ0n) is 15.1. The number of esters is 1. The van der Waals surface area contributed by atoms with Crippen LogP contribution < -0.4 is 4.74 Å². The minimum atomic E-state index is -1.05. The molecule has 0 aliphatic heterocycles. The lowest BCUT2D eigenvalue weighted by molar-refractivity contribution is -0.151. The number of aryl methyl sites for hydroxylation is 1. The summed E-state index contributed by atoms with van der Waals surface area (Å²) in [4.78, 5) is 22.9. The highest BCUT2D eigenvalue weighted by Crippen LogP contribution is 2.23. The molecule has 0 saturated heterocycles. The van der Waals surface area contributed by atoms with Gasteiger partial charge in [-0.25, -0.2) is 4.79 Å². The maximum atomic E-state index is 11.6. The Kier molecular flexibility index (Phi) is 6.73. The first-order chi connectivity index (χ1) is 12.9. The van der Waals surface area contributed by atoms with Crippen LogP contribution in [0.5, 0.6) is 5.75 Å². The standard InChI is InChI=1S/C21H19NO5/c1-3-26-21(25)19(24)11-18(23)16-8-9-20(17(10-16)12-22)27-13-15-6-4-14(2)5-7-15/h4-11,23H,3,13H2,1-2H3/b18-11-. The van der Waals surface area contributed by atoms with Gasteiger partial charge in [0.05, 0.1) is 12.2 Å². The highest BCUT2D eigenvalue weighted by molar-refractivity contribution is 6.39. The third-order valence-electron chi connectivity index (χ3n) is 3.66. The fraction of sp³-hybridized carbons (Fsp3) is 0.190. The average Bonchev–Trinajstić information content (AvgIpc) is 2.67. The number of ether oxygens (including phenoxy) is 2. The number of nitriles is 1. The summed E-state index contributed by atoms with van der Waals surface area (Å²) in [6, 6.07) is 14.2. The lowest BCUT2D eigenvalue weighted by atomic mass is 10.1. The molecule has 2 aromatic rings. The summed E-state index contributed by atoms with van der Waals surface area (Å²) in [6.07, 6.45) is 0.765. The fourth-order valence-corrected chi connectivity index (χ4v) is 2.22. The minimum Gasteiger partial charge on any atom is -0.507 e. The van der Waals surface area contributed by atoms with E-state index in [0.29, 0.717) is 5.75 Å². The number of hydrogen-bond acceptors (Lipinski definition) is 6. The summed E-state index contributed by atoms with van der Waals surface area (Å²) in [5.41, 5.74) is 2.51. The molecule has 0 fully saturated rings. The summed E-state index contributed by atoms with van der Waals surface area (Å²) in [6.45, 7) is 3.91. The van der Waals surface area contributed by atoms with Crippen LogP contribution in [0.2, 0.25) is 0 Å². The largest absolute Gasteiger partial charge is 0.507 e. The van der Waals surface area contributed by atoms with Gasteiger partial charge >= 0.3 is 5.97 Å². The molecule has 0 unspecified atom stereocenters. The molecule has 0 radical (unpaired) electrons. The van der Waals surface area contributed by atoms with E-state index in [0.717, 1.165) is 17.2 Å². The topological polar surface area (TPSA) is 96.6 Å². The van der Waals surface area contributed by atoms with Crippen LogP contribution in [0.3, 0.4) is 0 Å². The Bertz CT molecular complexity index is 907. The molecule has 2 aromatic carbocycles. The van der Waals surface area contributed by atoms with Crippen LogP contribution in [0.4, 0.5) is 0 Å². The van der Waals surface area contributed by atoms with Crippen molar-refractivity contribution in [3.05, 3.63) is 70.8 Å². The van der Waals surface area contributed by atoms with Crippen molar-refractivity contribution < 1.29 is 24.2 Å². The molecular weight excluding hydrogens is 346 g/mol. The first-order valence-corrected chi connectivity index (χ1v) is 8.29. The monoisotopic (exact) mass is 365 g/mol. The summed E-state index contributed by atoms with van der Waals surface area (Å²) >= 11 is 0. The first kappa shape index (κ1) is 19.7. The van der Waals surface area contributed by atoms with Gasteiger partial charge in [-0.1, -0.05) is 29.8 Å². The van der Waals surface area contributed by atoms with Crippen molar-refractivity contribution in [3.63, 3.8) is 0 Å². The van der Waals surface area contributed by atoms with E-state index in [2.05, 4.69) is 4.74 Å². The van der Waals surface area contributed by atoms with Crippen molar-refractivity contribution in [3.8, 4) is 11.8 Å². The molecule has 0 saturated carbocycles. The van der Waals surface area contributed by atoms with Gasteiger partial charge in [0.2, 0.25) is 0 Å². The Morgan fingerprint density at radius 2 is 1.89 bits per heavy atom. The van der Waals surface area contributed by atoms with Crippen molar-refractivity contribution in [2.24, 2.45) is 0 Å². The van der Waals surface area contributed by atoms with E-state index in [1.54, 1.807) is 6.92 Å². The number of benzene rings is 2. The number of nitrogens with zero attached hydrogens (tertiary/aromatic N) is 1. The van der Waals surface area contributed by atoms with Crippen molar-refractivity contribution in [2.45, 2.75) is 20.5 Å². The molecule has 0 heterocycles. The molecule has 0 amide bonds. The molecule has 0 bridgehead atoms. The van der Waals surface area contributed by atoms with Crippen molar-refractivity contribution >= 4 is 17.5 Å². The van der Waals surface area contributed by atoms with E-state index in [-0.39, 0.29) is 24.3 Å². The van der Waals surface area contributed by atoms with Crippen LogP contribution in [0, 0.1) is 18.3 Å². The number of ketones is 1. The lowest BCUT2D eigenvalue weighted by Gasteiger charge is -2.10. The molecule has 27 heavy (non-hydrogen) atoms. The molecule has 0 aliphatic carbocycles. The third kappa shape index (κ3) is 5.44. The zero-order chi connectivity index (χ0) is 19.8. The van der Waals surface area contributed by atoms with E-state index in [4.69, 9.17) is 4.74 Å². The van der Waals surface area contributed by atoms with Crippen LogP contribution in [0.1, 0.15) is 29.2 Å². The van der Waals surface area contributed by atoms with Gasteiger partial charge < -0.3 is 14.6 Å². The normalized spacial score (nSPS) is 10.8. The summed E-state index contributed by atoms with van der Waals surface area (Å²) in [7, 11) is 0. The number of carbonyl (C=O) groups excluding carboxylic acids is 2. The highest BCUT2D eigenvalue weighted by atomic mass is 16.5. The summed E-state index contributed by atoms with van der Waals surface area (Å²) in [5, 5.41) is 19.4. The Morgan fingerprint density at radius 1 is 1.19 bits per heavy atom. The van der Waals surface area contributed by atoms with E-state index in [1.807, 2.05) is 37.3 Å². The second-order valence-electron chi connectivity index (χ2n) is 5.71. The predicted octanol–water partition coefficient (Wildman–Crippen LogP) is 3.48. The Hall–Kier alpha value is -3.59. The number of carbonyl (C=O) groups is 2. The molecule has 1 N–H and O–H groups in total. The summed E-state index contributed by atoms with van der Waals surface area (Å²) < 4.78 is 10.2. The molecule has 0 aliphatic rings. The van der Waals surface area contributed by atoms with E-state index >= 15 is 0 Å². The second kappa shape index (κ2) is 9.20.